The first-order valence-electron chi connectivity index (χ1n) is 6.50. The van der Waals surface area contributed by atoms with Crippen molar-refractivity contribution in [2.24, 2.45) is 0 Å². The Kier molecular flexibility index (Phi) is 7.51. The Labute approximate surface area is 120 Å². The van der Waals surface area contributed by atoms with E-state index in [-0.39, 0.29) is 6.61 Å². The first-order valence-corrected chi connectivity index (χ1v) is 6.50. The topological polar surface area (TPSA) is 82.1 Å². The van der Waals surface area contributed by atoms with Crippen LogP contribution in [0.25, 0.3) is 0 Å². The van der Waals surface area contributed by atoms with Crippen LogP contribution in [0.1, 0.15) is 34.6 Å². The standard InChI is InChI=1S/C14H26O6/c1-13(2,3)19-9-11(10(17)7-15)20-12(8-16)14(4,5)18-6/h7-8,10-12,17H,9H2,1-6H3. The van der Waals surface area contributed by atoms with Crippen LogP contribution in [0.4, 0.5) is 0 Å². The molecule has 0 aromatic heterocycles. The molecule has 6 nitrogen and oxygen atoms in total. The first-order chi connectivity index (χ1) is 9.07. The minimum absolute atomic E-state index is 0.00641. The molecule has 0 aliphatic carbocycles. The van der Waals surface area contributed by atoms with Gasteiger partial charge in [-0.2, -0.15) is 0 Å². The summed E-state index contributed by atoms with van der Waals surface area (Å²) in [6.07, 6.45) is -2.27. The summed E-state index contributed by atoms with van der Waals surface area (Å²) >= 11 is 0. The second-order valence-electron chi connectivity index (χ2n) is 6.09. The van der Waals surface area contributed by atoms with Gasteiger partial charge in [0.05, 0.1) is 17.8 Å². The molecule has 0 aliphatic rings. The number of aliphatic hydroxyl groups excluding tert-OH is 1. The zero-order chi connectivity index (χ0) is 16.0. The zero-order valence-corrected chi connectivity index (χ0v) is 13.1. The SMILES string of the molecule is COC(C)(C)C(C=O)OC(COC(C)(C)C)C(O)C=O. The Bertz CT molecular complexity index is 307. The van der Waals surface area contributed by atoms with Crippen LogP contribution in [0.5, 0.6) is 0 Å². The third-order valence-corrected chi connectivity index (χ3v) is 2.86. The first kappa shape index (κ1) is 19.2. The van der Waals surface area contributed by atoms with Crippen molar-refractivity contribution in [1.82, 2.24) is 0 Å². The van der Waals surface area contributed by atoms with E-state index in [0.29, 0.717) is 12.6 Å². The smallest absolute Gasteiger partial charge is 0.151 e. The molecule has 0 aromatic carbocycles. The predicted molar refractivity (Wildman–Crippen MR) is 73.6 cm³/mol. The molecule has 1 N–H and O–H groups in total. The lowest BCUT2D eigenvalue weighted by atomic mass is 10.0. The largest absolute Gasteiger partial charge is 0.383 e. The normalized spacial score (nSPS) is 17.4. The number of methoxy groups -OCH3 is 1. The van der Waals surface area contributed by atoms with Gasteiger partial charge in [-0.05, 0) is 34.6 Å². The molecule has 118 valence electrons. The molecule has 0 aliphatic heterocycles. The van der Waals surface area contributed by atoms with Crippen LogP contribution in [0.2, 0.25) is 0 Å². The van der Waals surface area contributed by atoms with Crippen molar-refractivity contribution in [2.75, 3.05) is 13.7 Å². The molecular weight excluding hydrogens is 264 g/mol. The van der Waals surface area contributed by atoms with E-state index >= 15 is 0 Å². The molecule has 0 saturated carbocycles. The van der Waals surface area contributed by atoms with Crippen molar-refractivity contribution in [2.45, 2.75) is 64.1 Å². The molecule has 0 heterocycles. The molecule has 6 heteroatoms. The van der Waals surface area contributed by atoms with Gasteiger partial charge in [0.1, 0.15) is 18.3 Å². The van der Waals surface area contributed by atoms with Gasteiger partial charge >= 0.3 is 0 Å². The average Bonchev–Trinajstić information content (AvgIpc) is 2.36. The highest BCUT2D eigenvalue weighted by atomic mass is 16.6. The lowest BCUT2D eigenvalue weighted by Gasteiger charge is -2.33. The number of rotatable bonds is 9. The van der Waals surface area contributed by atoms with Gasteiger partial charge in [-0.25, -0.2) is 0 Å². The molecule has 3 unspecified atom stereocenters. The van der Waals surface area contributed by atoms with Crippen LogP contribution >= 0.6 is 0 Å². The quantitative estimate of drug-likeness (QED) is 0.631. The van der Waals surface area contributed by atoms with Crippen LogP contribution in [0.3, 0.4) is 0 Å². The molecule has 0 bridgehead atoms. The fourth-order valence-electron chi connectivity index (χ4n) is 1.30. The summed E-state index contributed by atoms with van der Waals surface area (Å²) < 4.78 is 16.2. The minimum Gasteiger partial charge on any atom is -0.383 e. The van der Waals surface area contributed by atoms with Crippen molar-refractivity contribution < 1.29 is 28.9 Å². The molecule has 0 radical (unpaired) electrons. The number of carbonyl (C=O) groups excluding carboxylic acids is 2. The van der Waals surface area contributed by atoms with E-state index in [1.165, 1.54) is 7.11 Å². The minimum atomic E-state index is -1.37. The molecule has 0 spiro atoms. The van der Waals surface area contributed by atoms with Gasteiger partial charge in [-0.1, -0.05) is 0 Å². The van der Waals surface area contributed by atoms with Crippen molar-refractivity contribution in [1.29, 1.82) is 0 Å². The van der Waals surface area contributed by atoms with E-state index in [1.54, 1.807) is 13.8 Å². The number of ether oxygens (including phenoxy) is 3. The monoisotopic (exact) mass is 290 g/mol. The summed E-state index contributed by atoms with van der Waals surface area (Å²) in [7, 11) is 1.46. The molecule has 0 rings (SSSR count). The summed E-state index contributed by atoms with van der Waals surface area (Å²) in [5.74, 6) is 0. The van der Waals surface area contributed by atoms with Gasteiger partial charge < -0.3 is 28.9 Å². The van der Waals surface area contributed by atoms with Crippen LogP contribution in [0.15, 0.2) is 0 Å². The molecule has 3 atom stereocenters. The van der Waals surface area contributed by atoms with Gasteiger partial charge in [0, 0.05) is 7.11 Å². The Morgan fingerprint density at radius 1 is 1.10 bits per heavy atom. The number of carbonyl (C=O) groups is 2. The Morgan fingerprint density at radius 2 is 1.65 bits per heavy atom. The van der Waals surface area contributed by atoms with Gasteiger partial charge in [0.2, 0.25) is 0 Å². The summed E-state index contributed by atoms with van der Waals surface area (Å²) in [5.41, 5.74) is -1.32. The fraction of sp³-hybridized carbons (Fsp3) is 0.857. The Morgan fingerprint density at radius 3 is 2.00 bits per heavy atom. The summed E-state index contributed by atoms with van der Waals surface area (Å²) in [6, 6.07) is 0. The Hall–Kier alpha value is -0.820. The van der Waals surface area contributed by atoms with Crippen molar-refractivity contribution in [3.05, 3.63) is 0 Å². The molecule has 0 amide bonds. The van der Waals surface area contributed by atoms with Gasteiger partial charge in [0.15, 0.2) is 12.6 Å². The van der Waals surface area contributed by atoms with Crippen LogP contribution in [-0.2, 0) is 23.8 Å². The molecule has 0 fully saturated rings. The highest BCUT2D eigenvalue weighted by molar-refractivity contribution is 5.59. The van der Waals surface area contributed by atoms with Crippen LogP contribution < -0.4 is 0 Å². The van der Waals surface area contributed by atoms with Crippen molar-refractivity contribution >= 4 is 12.6 Å². The second kappa shape index (κ2) is 7.83. The van der Waals surface area contributed by atoms with Gasteiger partial charge in [-0.15, -0.1) is 0 Å². The van der Waals surface area contributed by atoms with E-state index in [9.17, 15) is 14.7 Å². The number of aliphatic hydroxyl groups is 1. The van der Waals surface area contributed by atoms with Gasteiger partial charge in [-0.3, -0.25) is 0 Å². The Balaban J connectivity index is 4.87. The molecule has 0 aromatic rings. The van der Waals surface area contributed by atoms with Crippen molar-refractivity contribution in [3.63, 3.8) is 0 Å². The lowest BCUT2D eigenvalue weighted by molar-refractivity contribution is -0.179. The van der Waals surface area contributed by atoms with Crippen LogP contribution in [0, 0.1) is 0 Å². The van der Waals surface area contributed by atoms with E-state index in [0.717, 1.165) is 0 Å². The second-order valence-corrected chi connectivity index (χ2v) is 6.09. The summed E-state index contributed by atoms with van der Waals surface area (Å²) in [4.78, 5) is 21.9. The van der Waals surface area contributed by atoms with E-state index in [4.69, 9.17) is 14.2 Å². The highest BCUT2D eigenvalue weighted by Gasteiger charge is 2.35. The summed E-state index contributed by atoms with van der Waals surface area (Å²) in [5, 5.41) is 9.67. The third kappa shape index (κ3) is 6.56. The van der Waals surface area contributed by atoms with E-state index < -0.39 is 29.5 Å². The molecule has 0 saturated heterocycles. The van der Waals surface area contributed by atoms with Gasteiger partial charge in [0.25, 0.3) is 0 Å². The number of hydrogen-bond acceptors (Lipinski definition) is 6. The van der Waals surface area contributed by atoms with Crippen molar-refractivity contribution in [3.8, 4) is 0 Å². The zero-order valence-electron chi connectivity index (χ0n) is 13.1. The van der Waals surface area contributed by atoms with E-state index in [1.807, 2.05) is 20.8 Å². The maximum Gasteiger partial charge on any atom is 0.151 e. The number of aldehydes is 2. The number of hydrogen-bond donors (Lipinski definition) is 1. The van der Waals surface area contributed by atoms with Crippen LogP contribution in [-0.4, -0.2) is 60.9 Å². The predicted octanol–water partition coefficient (Wildman–Crippen LogP) is 0.739. The third-order valence-electron chi connectivity index (χ3n) is 2.86. The fourth-order valence-corrected chi connectivity index (χ4v) is 1.30. The molecule has 20 heavy (non-hydrogen) atoms. The maximum absolute atomic E-state index is 11.1. The molecular formula is C14H26O6. The highest BCUT2D eigenvalue weighted by Crippen LogP contribution is 2.19. The maximum atomic E-state index is 11.1. The average molecular weight is 290 g/mol. The lowest BCUT2D eigenvalue weighted by Crippen LogP contribution is -2.48. The van der Waals surface area contributed by atoms with E-state index in [2.05, 4.69) is 0 Å². The summed E-state index contributed by atoms with van der Waals surface area (Å²) in [6.45, 7) is 8.88.